The third-order valence-electron chi connectivity index (χ3n) is 7.66. The van der Waals surface area contributed by atoms with E-state index in [1.165, 1.54) is 4.90 Å². The number of ether oxygens (including phenoxy) is 1. The van der Waals surface area contributed by atoms with E-state index in [-0.39, 0.29) is 52.2 Å². The molecule has 0 bridgehead atoms. The fraction of sp³-hybridized carbons (Fsp3) is 0.429. The minimum absolute atomic E-state index is 0.0939. The highest BCUT2D eigenvalue weighted by molar-refractivity contribution is 9.12. The van der Waals surface area contributed by atoms with E-state index >= 15 is 0 Å². The first-order valence-corrected chi connectivity index (χ1v) is 14.4. The number of hydrogen-bond donors (Lipinski definition) is 0. The van der Waals surface area contributed by atoms with Gasteiger partial charge in [0.2, 0.25) is 17.7 Å². The molecule has 2 heterocycles. The van der Waals surface area contributed by atoms with E-state index < -0.39 is 11.9 Å². The number of para-hydroxylation sites is 1. The summed E-state index contributed by atoms with van der Waals surface area (Å²) in [6.45, 7) is 4.10. The number of amides is 3. The zero-order valence-electron chi connectivity index (χ0n) is 20.7. The van der Waals surface area contributed by atoms with Gasteiger partial charge in [-0.2, -0.15) is 0 Å². The van der Waals surface area contributed by atoms with Crippen molar-refractivity contribution in [1.29, 1.82) is 0 Å². The fourth-order valence-corrected chi connectivity index (χ4v) is 6.88. The van der Waals surface area contributed by atoms with E-state index in [1.54, 1.807) is 30.0 Å². The number of rotatable bonds is 5. The molecular formula is C28H28Br2N2O5. The van der Waals surface area contributed by atoms with Crippen molar-refractivity contribution >= 4 is 66.9 Å². The number of fused-ring (bicyclic) bond motifs is 1. The third-order valence-corrected chi connectivity index (χ3v) is 10.4. The first kappa shape index (κ1) is 26.1. The maximum atomic E-state index is 13.2. The molecule has 3 aliphatic rings. The van der Waals surface area contributed by atoms with Gasteiger partial charge in [0.25, 0.3) is 0 Å². The van der Waals surface area contributed by atoms with Crippen LogP contribution in [-0.4, -0.2) is 39.9 Å². The number of aryl methyl sites for hydroxylation is 2. The summed E-state index contributed by atoms with van der Waals surface area (Å²) in [7, 11) is 0. The van der Waals surface area contributed by atoms with Gasteiger partial charge in [-0.05, 0) is 61.6 Å². The van der Waals surface area contributed by atoms with E-state index in [0.29, 0.717) is 29.8 Å². The number of esters is 1. The van der Waals surface area contributed by atoms with Gasteiger partial charge >= 0.3 is 5.97 Å². The third kappa shape index (κ3) is 4.76. The van der Waals surface area contributed by atoms with Gasteiger partial charge < -0.3 is 9.64 Å². The minimum atomic E-state index is -0.573. The molecule has 1 saturated carbocycles. The first-order valence-electron chi connectivity index (χ1n) is 12.6. The molecule has 7 nitrogen and oxygen atoms in total. The van der Waals surface area contributed by atoms with E-state index in [2.05, 4.69) is 31.9 Å². The number of alkyl halides is 2. The second-order valence-electron chi connectivity index (χ2n) is 9.99. The van der Waals surface area contributed by atoms with Crippen LogP contribution in [-0.2, 0) is 25.6 Å². The molecule has 1 aliphatic carbocycles. The standard InChI is InChI=1S/C28H28Br2N2O5/c1-3-16-6-4-5-7-24(16)31-14-17(11-25(31)33)28(36)37-18-8-9-23(15(2)10-18)32-26(34)19-12-21(29)22(30)13-20(19)27(32)35/h4-10,17,19-22H,3,11-14H2,1-2H3/t17-,19-,20-,21-,22+/m1/s1. The second kappa shape index (κ2) is 10.3. The fourth-order valence-electron chi connectivity index (χ4n) is 5.65. The summed E-state index contributed by atoms with van der Waals surface area (Å²) in [5, 5.41) is 0. The van der Waals surface area contributed by atoms with Crippen LogP contribution in [0, 0.1) is 24.7 Å². The quantitative estimate of drug-likeness (QED) is 0.202. The highest BCUT2D eigenvalue weighted by atomic mass is 79.9. The van der Waals surface area contributed by atoms with Crippen molar-refractivity contribution in [3.05, 3.63) is 53.6 Å². The summed E-state index contributed by atoms with van der Waals surface area (Å²) >= 11 is 7.23. The lowest BCUT2D eigenvalue weighted by Crippen LogP contribution is -2.34. The maximum Gasteiger partial charge on any atom is 0.316 e. The van der Waals surface area contributed by atoms with Gasteiger partial charge in [0, 0.05) is 28.3 Å². The van der Waals surface area contributed by atoms with Crippen molar-refractivity contribution in [2.75, 3.05) is 16.3 Å². The Balaban J connectivity index is 1.29. The molecule has 194 valence electrons. The predicted octanol–water partition coefficient (Wildman–Crippen LogP) is 4.94. The molecule has 5 rings (SSSR count). The van der Waals surface area contributed by atoms with Gasteiger partial charge in [-0.25, -0.2) is 4.90 Å². The summed E-state index contributed by atoms with van der Waals surface area (Å²) in [4.78, 5) is 55.2. The summed E-state index contributed by atoms with van der Waals surface area (Å²) in [6.07, 6.45) is 2.10. The molecule has 3 amide bonds. The molecule has 2 aromatic rings. The van der Waals surface area contributed by atoms with Gasteiger partial charge in [0.05, 0.1) is 23.4 Å². The Hall–Kier alpha value is -2.52. The average molecular weight is 632 g/mol. The predicted molar refractivity (Wildman–Crippen MR) is 147 cm³/mol. The Morgan fingerprint density at radius 1 is 0.973 bits per heavy atom. The molecular weight excluding hydrogens is 604 g/mol. The molecule has 2 aromatic carbocycles. The first-order chi connectivity index (χ1) is 17.7. The van der Waals surface area contributed by atoms with Crippen LogP contribution in [0.25, 0.3) is 0 Å². The zero-order chi connectivity index (χ0) is 26.4. The molecule has 0 N–H and O–H groups in total. The van der Waals surface area contributed by atoms with E-state index in [4.69, 9.17) is 4.74 Å². The lowest BCUT2D eigenvalue weighted by Gasteiger charge is -2.29. The number of imide groups is 1. The number of carbonyl (C=O) groups is 4. The van der Waals surface area contributed by atoms with Crippen molar-refractivity contribution in [1.82, 2.24) is 0 Å². The largest absolute Gasteiger partial charge is 0.426 e. The number of carbonyl (C=O) groups excluding carboxylic acids is 4. The van der Waals surface area contributed by atoms with E-state index in [9.17, 15) is 19.2 Å². The Labute approximate surface area is 232 Å². The highest BCUT2D eigenvalue weighted by Gasteiger charge is 2.52. The Kier molecular flexibility index (Phi) is 7.29. The van der Waals surface area contributed by atoms with Crippen LogP contribution in [0.5, 0.6) is 5.75 Å². The molecule has 9 heteroatoms. The van der Waals surface area contributed by atoms with Gasteiger partial charge in [0.1, 0.15) is 5.75 Å². The van der Waals surface area contributed by atoms with E-state index in [0.717, 1.165) is 17.7 Å². The molecule has 0 aromatic heterocycles. The van der Waals surface area contributed by atoms with Crippen molar-refractivity contribution in [2.24, 2.45) is 17.8 Å². The lowest BCUT2D eigenvalue weighted by atomic mass is 9.81. The number of halogens is 2. The molecule has 0 unspecified atom stereocenters. The second-order valence-corrected chi connectivity index (χ2v) is 12.3. The molecule has 2 saturated heterocycles. The van der Waals surface area contributed by atoms with Gasteiger partial charge in [-0.1, -0.05) is 57.0 Å². The van der Waals surface area contributed by atoms with Crippen LogP contribution >= 0.6 is 31.9 Å². The number of benzene rings is 2. The van der Waals surface area contributed by atoms with Crippen LogP contribution in [0.3, 0.4) is 0 Å². The van der Waals surface area contributed by atoms with Gasteiger partial charge in [0.15, 0.2) is 0 Å². The van der Waals surface area contributed by atoms with Crippen molar-refractivity contribution < 1.29 is 23.9 Å². The number of hydrogen-bond acceptors (Lipinski definition) is 5. The van der Waals surface area contributed by atoms with Crippen LogP contribution in [0.1, 0.15) is 37.3 Å². The summed E-state index contributed by atoms with van der Waals surface area (Å²) in [5.41, 5.74) is 3.07. The minimum Gasteiger partial charge on any atom is -0.426 e. The molecule has 0 spiro atoms. The van der Waals surface area contributed by atoms with Crippen molar-refractivity contribution in [3.63, 3.8) is 0 Å². The van der Waals surface area contributed by atoms with Gasteiger partial charge in [-0.15, -0.1) is 0 Å². The van der Waals surface area contributed by atoms with E-state index in [1.807, 2.05) is 31.2 Å². The van der Waals surface area contributed by atoms with Crippen LogP contribution in [0.4, 0.5) is 11.4 Å². The average Bonchev–Trinajstić information content (AvgIpc) is 3.37. The zero-order valence-corrected chi connectivity index (χ0v) is 23.8. The molecule has 2 aliphatic heterocycles. The molecule has 3 fully saturated rings. The Morgan fingerprint density at radius 2 is 1.62 bits per heavy atom. The summed E-state index contributed by atoms with van der Waals surface area (Å²) in [6, 6.07) is 12.6. The monoisotopic (exact) mass is 630 g/mol. The highest BCUT2D eigenvalue weighted by Crippen LogP contribution is 2.45. The summed E-state index contributed by atoms with van der Waals surface area (Å²) < 4.78 is 5.64. The molecule has 37 heavy (non-hydrogen) atoms. The van der Waals surface area contributed by atoms with Crippen LogP contribution in [0.15, 0.2) is 42.5 Å². The normalized spacial score (nSPS) is 27.6. The Morgan fingerprint density at radius 3 is 2.24 bits per heavy atom. The van der Waals surface area contributed by atoms with Crippen LogP contribution < -0.4 is 14.5 Å². The van der Waals surface area contributed by atoms with Gasteiger partial charge in [-0.3, -0.25) is 19.2 Å². The number of nitrogens with zero attached hydrogens (tertiary/aromatic N) is 2. The molecule has 0 radical (unpaired) electrons. The van der Waals surface area contributed by atoms with Crippen LogP contribution in [0.2, 0.25) is 0 Å². The molecule has 5 atom stereocenters. The lowest BCUT2D eigenvalue weighted by molar-refractivity contribution is -0.139. The van der Waals surface area contributed by atoms with Crippen molar-refractivity contribution in [3.8, 4) is 5.75 Å². The smallest absolute Gasteiger partial charge is 0.316 e. The maximum absolute atomic E-state index is 13.2. The topological polar surface area (TPSA) is 84.0 Å². The number of anilines is 2. The Bertz CT molecular complexity index is 1250. The SMILES string of the molecule is CCc1ccccc1N1C[C@H](C(=O)Oc2ccc(N3C(=O)[C@@H]4C[C@@H](Br)[C@@H](Br)C[C@H]4C3=O)c(C)c2)CC1=O. The van der Waals surface area contributed by atoms with Crippen molar-refractivity contribution in [2.45, 2.75) is 49.2 Å². The summed E-state index contributed by atoms with van der Waals surface area (Å²) in [5.74, 6) is -1.83.